The maximum atomic E-state index is 12.6. The van der Waals surface area contributed by atoms with Crippen LogP contribution in [0, 0.1) is 0 Å². The summed E-state index contributed by atoms with van der Waals surface area (Å²) < 4.78 is 16.8. The van der Waals surface area contributed by atoms with Crippen LogP contribution in [0.2, 0.25) is 0 Å². The van der Waals surface area contributed by atoms with Gasteiger partial charge in [-0.2, -0.15) is 0 Å². The molecule has 0 aromatic heterocycles. The maximum Gasteiger partial charge on any atom is 0.259 e. The highest BCUT2D eigenvalue weighted by Crippen LogP contribution is 2.31. The Morgan fingerprint density at radius 3 is 2.18 bits per heavy atom. The molecule has 0 bridgehead atoms. The molecule has 0 saturated carbocycles. The third-order valence-electron chi connectivity index (χ3n) is 4.00. The van der Waals surface area contributed by atoms with Gasteiger partial charge in [-0.15, -0.1) is 0 Å². The summed E-state index contributed by atoms with van der Waals surface area (Å²) in [6.07, 6.45) is 0.879. The van der Waals surface area contributed by atoms with Gasteiger partial charge in [0.1, 0.15) is 11.5 Å². The molecule has 0 unspecified atom stereocenters. The number of nitrogens with one attached hydrogen (secondary N) is 1. The summed E-state index contributed by atoms with van der Waals surface area (Å²) >= 11 is 0. The Morgan fingerprint density at radius 2 is 1.50 bits per heavy atom. The zero-order chi connectivity index (χ0) is 19.8. The molecule has 28 heavy (non-hydrogen) atoms. The molecule has 0 radical (unpaired) electrons. The van der Waals surface area contributed by atoms with Crippen LogP contribution in [0.25, 0.3) is 0 Å². The second-order valence-electron chi connectivity index (χ2n) is 6.08. The molecule has 0 fully saturated rings. The fourth-order valence-electron chi connectivity index (χ4n) is 2.63. The number of ether oxygens (including phenoxy) is 3. The van der Waals surface area contributed by atoms with Gasteiger partial charge in [-0.3, -0.25) is 4.79 Å². The van der Waals surface area contributed by atoms with Crippen molar-refractivity contribution in [1.29, 1.82) is 0 Å². The van der Waals surface area contributed by atoms with Crippen molar-refractivity contribution in [1.82, 2.24) is 0 Å². The second kappa shape index (κ2) is 9.46. The summed E-state index contributed by atoms with van der Waals surface area (Å²) in [5.74, 6) is 2.30. The van der Waals surface area contributed by atoms with E-state index in [4.69, 9.17) is 14.2 Å². The minimum Gasteiger partial charge on any atom is -0.493 e. The van der Waals surface area contributed by atoms with Crippen LogP contribution in [0.4, 0.5) is 5.69 Å². The number of benzene rings is 3. The van der Waals surface area contributed by atoms with E-state index in [2.05, 4.69) is 5.32 Å². The SMILES string of the molecule is CCCOc1ccccc1C(=O)Nc1ccc(Oc2ccccc2OC)cc1. The molecule has 1 N–H and O–H groups in total. The lowest BCUT2D eigenvalue weighted by molar-refractivity contribution is 0.102. The molecule has 0 aliphatic heterocycles. The smallest absolute Gasteiger partial charge is 0.259 e. The van der Waals surface area contributed by atoms with Gasteiger partial charge >= 0.3 is 0 Å². The van der Waals surface area contributed by atoms with E-state index < -0.39 is 0 Å². The fourth-order valence-corrected chi connectivity index (χ4v) is 2.63. The number of carbonyl (C=O) groups excluding carboxylic acids is 1. The van der Waals surface area contributed by atoms with Crippen molar-refractivity contribution >= 4 is 11.6 Å². The van der Waals surface area contributed by atoms with Crippen molar-refractivity contribution in [3.8, 4) is 23.0 Å². The molecule has 3 aromatic rings. The molecule has 5 heteroatoms. The van der Waals surface area contributed by atoms with Gasteiger partial charge in [0.2, 0.25) is 0 Å². The van der Waals surface area contributed by atoms with Gasteiger partial charge in [0.25, 0.3) is 5.91 Å². The average molecular weight is 377 g/mol. The first kappa shape index (κ1) is 19.3. The Morgan fingerprint density at radius 1 is 0.857 bits per heavy atom. The Kier molecular flexibility index (Phi) is 6.52. The van der Waals surface area contributed by atoms with Crippen molar-refractivity contribution in [3.63, 3.8) is 0 Å². The topological polar surface area (TPSA) is 56.8 Å². The van der Waals surface area contributed by atoms with Crippen molar-refractivity contribution in [2.75, 3.05) is 19.0 Å². The normalized spacial score (nSPS) is 10.2. The molecule has 0 saturated heterocycles. The fraction of sp³-hybridized carbons (Fsp3) is 0.174. The van der Waals surface area contributed by atoms with Gasteiger partial charge in [-0.25, -0.2) is 0 Å². The van der Waals surface area contributed by atoms with Gasteiger partial charge in [0, 0.05) is 5.69 Å². The number of hydrogen-bond acceptors (Lipinski definition) is 4. The van der Waals surface area contributed by atoms with Gasteiger partial charge in [-0.05, 0) is 55.0 Å². The monoisotopic (exact) mass is 377 g/mol. The molecule has 3 aromatic carbocycles. The first-order chi connectivity index (χ1) is 13.7. The van der Waals surface area contributed by atoms with Crippen LogP contribution in [0.3, 0.4) is 0 Å². The number of rotatable bonds is 8. The number of methoxy groups -OCH3 is 1. The van der Waals surface area contributed by atoms with Crippen LogP contribution >= 0.6 is 0 Å². The Bertz CT molecular complexity index is 922. The lowest BCUT2D eigenvalue weighted by atomic mass is 10.2. The number of para-hydroxylation sites is 3. The quantitative estimate of drug-likeness (QED) is 0.561. The summed E-state index contributed by atoms with van der Waals surface area (Å²) in [7, 11) is 1.60. The first-order valence-electron chi connectivity index (χ1n) is 9.15. The molecule has 0 heterocycles. The van der Waals surface area contributed by atoms with E-state index in [0.717, 1.165) is 6.42 Å². The van der Waals surface area contributed by atoms with E-state index >= 15 is 0 Å². The van der Waals surface area contributed by atoms with Crippen molar-refractivity contribution < 1.29 is 19.0 Å². The number of carbonyl (C=O) groups is 1. The molecule has 0 aliphatic rings. The number of amides is 1. The Labute approximate surface area is 164 Å². The largest absolute Gasteiger partial charge is 0.493 e. The molecule has 3 rings (SSSR count). The minimum atomic E-state index is -0.217. The average Bonchev–Trinajstić information content (AvgIpc) is 2.74. The predicted molar refractivity (Wildman–Crippen MR) is 110 cm³/mol. The molecule has 0 aliphatic carbocycles. The highest BCUT2D eigenvalue weighted by molar-refractivity contribution is 6.06. The van der Waals surface area contributed by atoms with E-state index in [1.807, 2.05) is 43.3 Å². The summed E-state index contributed by atoms with van der Waals surface area (Å²) in [5.41, 5.74) is 1.17. The van der Waals surface area contributed by atoms with Crippen LogP contribution in [-0.2, 0) is 0 Å². The van der Waals surface area contributed by atoms with E-state index in [-0.39, 0.29) is 5.91 Å². The molecule has 0 spiro atoms. The lowest BCUT2D eigenvalue weighted by Gasteiger charge is -2.12. The van der Waals surface area contributed by atoms with Gasteiger partial charge in [0.05, 0.1) is 19.3 Å². The molecule has 5 nitrogen and oxygen atoms in total. The van der Waals surface area contributed by atoms with E-state index in [9.17, 15) is 4.79 Å². The van der Waals surface area contributed by atoms with Gasteiger partial charge in [-0.1, -0.05) is 31.2 Å². The van der Waals surface area contributed by atoms with Crippen LogP contribution in [0.1, 0.15) is 23.7 Å². The summed E-state index contributed by atoms with van der Waals surface area (Å²) in [5, 5.41) is 2.89. The highest BCUT2D eigenvalue weighted by Gasteiger charge is 2.12. The molecular formula is C23H23NO4. The minimum absolute atomic E-state index is 0.217. The van der Waals surface area contributed by atoms with Crippen LogP contribution in [0.5, 0.6) is 23.0 Å². The van der Waals surface area contributed by atoms with Crippen LogP contribution in [0.15, 0.2) is 72.8 Å². The zero-order valence-electron chi connectivity index (χ0n) is 16.0. The van der Waals surface area contributed by atoms with Crippen molar-refractivity contribution in [2.24, 2.45) is 0 Å². The second-order valence-corrected chi connectivity index (χ2v) is 6.08. The van der Waals surface area contributed by atoms with E-state index in [1.54, 1.807) is 43.5 Å². The number of anilines is 1. The van der Waals surface area contributed by atoms with Crippen LogP contribution in [-0.4, -0.2) is 19.6 Å². The lowest BCUT2D eigenvalue weighted by Crippen LogP contribution is -2.13. The summed E-state index contributed by atoms with van der Waals surface area (Å²) in [6, 6.07) is 21.8. The molecular weight excluding hydrogens is 354 g/mol. The molecule has 0 atom stereocenters. The van der Waals surface area contributed by atoms with Gasteiger partial charge in [0.15, 0.2) is 11.5 Å². The van der Waals surface area contributed by atoms with Crippen molar-refractivity contribution in [3.05, 3.63) is 78.4 Å². The first-order valence-corrected chi connectivity index (χ1v) is 9.15. The third kappa shape index (κ3) is 4.82. The van der Waals surface area contributed by atoms with E-state index in [0.29, 0.717) is 40.9 Å². The zero-order valence-corrected chi connectivity index (χ0v) is 16.0. The summed E-state index contributed by atoms with van der Waals surface area (Å²) in [4.78, 5) is 12.6. The van der Waals surface area contributed by atoms with Gasteiger partial charge < -0.3 is 19.5 Å². The third-order valence-corrected chi connectivity index (χ3v) is 4.00. The Balaban J connectivity index is 1.68. The Hall–Kier alpha value is -3.47. The standard InChI is InChI=1S/C23H23NO4/c1-3-16-27-20-9-5-4-8-19(20)23(25)24-17-12-14-18(15-13-17)28-22-11-7-6-10-21(22)26-2/h4-15H,3,16H2,1-2H3,(H,24,25). The maximum absolute atomic E-state index is 12.6. The number of hydrogen-bond donors (Lipinski definition) is 1. The summed E-state index contributed by atoms with van der Waals surface area (Å²) in [6.45, 7) is 2.59. The van der Waals surface area contributed by atoms with Crippen molar-refractivity contribution in [2.45, 2.75) is 13.3 Å². The van der Waals surface area contributed by atoms with Crippen LogP contribution < -0.4 is 19.5 Å². The molecule has 1 amide bonds. The highest BCUT2D eigenvalue weighted by atomic mass is 16.5. The van der Waals surface area contributed by atoms with E-state index in [1.165, 1.54) is 0 Å². The predicted octanol–water partition coefficient (Wildman–Crippen LogP) is 5.53. The molecule has 144 valence electrons.